The Balaban J connectivity index is 1.93. The SMILES string of the molecule is C=CCC(O)CCCCC1SCCCS1. The molecule has 15 heavy (non-hydrogen) atoms. The fourth-order valence-electron chi connectivity index (χ4n) is 1.70. The van der Waals surface area contributed by atoms with Gasteiger partial charge in [0.1, 0.15) is 0 Å². The monoisotopic (exact) mass is 246 g/mol. The average molecular weight is 246 g/mol. The highest BCUT2D eigenvalue weighted by Crippen LogP contribution is 2.34. The molecule has 0 aromatic carbocycles. The van der Waals surface area contributed by atoms with Crippen LogP contribution in [0.1, 0.15) is 38.5 Å². The molecule has 1 saturated heterocycles. The molecule has 1 atom stereocenters. The van der Waals surface area contributed by atoms with Gasteiger partial charge in [0.15, 0.2) is 0 Å². The number of aliphatic hydroxyl groups excluding tert-OH is 1. The molecule has 1 fully saturated rings. The molecule has 1 N–H and O–H groups in total. The van der Waals surface area contributed by atoms with Gasteiger partial charge in [-0.15, -0.1) is 30.1 Å². The normalized spacial score (nSPS) is 20.1. The molecule has 1 rings (SSSR count). The molecule has 0 bridgehead atoms. The Kier molecular flexibility index (Phi) is 7.67. The van der Waals surface area contributed by atoms with Gasteiger partial charge in [0.2, 0.25) is 0 Å². The van der Waals surface area contributed by atoms with Crippen molar-refractivity contribution in [3.05, 3.63) is 12.7 Å². The van der Waals surface area contributed by atoms with Crippen molar-refractivity contribution in [1.29, 1.82) is 0 Å². The minimum Gasteiger partial charge on any atom is -0.393 e. The van der Waals surface area contributed by atoms with Crippen LogP contribution in [-0.2, 0) is 0 Å². The quantitative estimate of drug-likeness (QED) is 0.546. The minimum atomic E-state index is -0.158. The highest BCUT2D eigenvalue weighted by atomic mass is 32.2. The third kappa shape index (κ3) is 6.54. The first-order chi connectivity index (χ1) is 7.33. The van der Waals surface area contributed by atoms with Gasteiger partial charge >= 0.3 is 0 Å². The maximum atomic E-state index is 9.50. The van der Waals surface area contributed by atoms with Crippen molar-refractivity contribution in [3.63, 3.8) is 0 Å². The Morgan fingerprint density at radius 2 is 2.07 bits per heavy atom. The smallest absolute Gasteiger partial charge is 0.0574 e. The third-order valence-electron chi connectivity index (χ3n) is 2.56. The van der Waals surface area contributed by atoms with Gasteiger partial charge in [0.25, 0.3) is 0 Å². The van der Waals surface area contributed by atoms with Gasteiger partial charge in [-0.2, -0.15) is 0 Å². The van der Waals surface area contributed by atoms with Crippen molar-refractivity contribution in [2.45, 2.75) is 49.2 Å². The Bertz CT molecular complexity index is 167. The predicted molar refractivity (Wildman–Crippen MR) is 72.6 cm³/mol. The summed E-state index contributed by atoms with van der Waals surface area (Å²) in [5.74, 6) is 2.69. The van der Waals surface area contributed by atoms with Gasteiger partial charge in [-0.05, 0) is 37.2 Å². The molecular weight excluding hydrogens is 224 g/mol. The first-order valence-electron chi connectivity index (χ1n) is 5.85. The highest BCUT2D eigenvalue weighted by molar-refractivity contribution is 8.17. The minimum absolute atomic E-state index is 0.158. The summed E-state index contributed by atoms with van der Waals surface area (Å²) >= 11 is 4.23. The van der Waals surface area contributed by atoms with Crippen LogP contribution in [0.5, 0.6) is 0 Å². The van der Waals surface area contributed by atoms with Crippen molar-refractivity contribution < 1.29 is 5.11 Å². The van der Waals surface area contributed by atoms with E-state index in [1.165, 1.54) is 30.8 Å². The van der Waals surface area contributed by atoms with E-state index in [0.717, 1.165) is 23.8 Å². The Morgan fingerprint density at radius 3 is 2.73 bits per heavy atom. The summed E-state index contributed by atoms with van der Waals surface area (Å²) in [4.78, 5) is 0. The number of aliphatic hydroxyl groups is 1. The second kappa shape index (κ2) is 8.54. The molecule has 0 amide bonds. The predicted octanol–water partition coefficient (Wildman–Crippen LogP) is 3.68. The average Bonchev–Trinajstić information content (AvgIpc) is 2.26. The van der Waals surface area contributed by atoms with Crippen molar-refractivity contribution in [1.82, 2.24) is 0 Å². The molecule has 1 heterocycles. The van der Waals surface area contributed by atoms with Crippen LogP contribution in [0.2, 0.25) is 0 Å². The first kappa shape index (κ1) is 13.5. The van der Waals surface area contributed by atoms with E-state index in [1.807, 2.05) is 0 Å². The fraction of sp³-hybridized carbons (Fsp3) is 0.833. The second-order valence-corrected chi connectivity index (χ2v) is 6.91. The molecule has 0 aliphatic carbocycles. The van der Waals surface area contributed by atoms with Gasteiger partial charge in [0, 0.05) is 0 Å². The van der Waals surface area contributed by atoms with Crippen LogP contribution in [0, 0.1) is 0 Å². The lowest BCUT2D eigenvalue weighted by Crippen LogP contribution is -2.08. The van der Waals surface area contributed by atoms with E-state index in [1.54, 1.807) is 6.08 Å². The lowest BCUT2D eigenvalue weighted by molar-refractivity contribution is 0.164. The van der Waals surface area contributed by atoms with E-state index in [2.05, 4.69) is 30.1 Å². The van der Waals surface area contributed by atoms with E-state index in [4.69, 9.17) is 0 Å². The fourth-order valence-corrected chi connectivity index (χ4v) is 4.66. The molecule has 0 spiro atoms. The molecule has 0 radical (unpaired) electrons. The van der Waals surface area contributed by atoms with Crippen LogP contribution < -0.4 is 0 Å². The highest BCUT2D eigenvalue weighted by Gasteiger charge is 2.13. The maximum absolute atomic E-state index is 9.50. The molecule has 88 valence electrons. The van der Waals surface area contributed by atoms with Crippen LogP contribution in [-0.4, -0.2) is 27.3 Å². The van der Waals surface area contributed by atoms with Crippen LogP contribution in [0.4, 0.5) is 0 Å². The zero-order valence-corrected chi connectivity index (χ0v) is 11.0. The van der Waals surface area contributed by atoms with Crippen molar-refractivity contribution in [2.75, 3.05) is 11.5 Å². The van der Waals surface area contributed by atoms with Gasteiger partial charge < -0.3 is 5.11 Å². The van der Waals surface area contributed by atoms with Crippen LogP contribution in [0.15, 0.2) is 12.7 Å². The summed E-state index contributed by atoms with van der Waals surface area (Å²) in [5, 5.41) is 9.50. The maximum Gasteiger partial charge on any atom is 0.0574 e. The summed E-state index contributed by atoms with van der Waals surface area (Å²) in [7, 11) is 0. The van der Waals surface area contributed by atoms with Crippen LogP contribution in [0.25, 0.3) is 0 Å². The lowest BCUT2D eigenvalue weighted by Gasteiger charge is -2.20. The van der Waals surface area contributed by atoms with Gasteiger partial charge in [-0.3, -0.25) is 0 Å². The standard InChI is InChI=1S/C12H22OS2/c1-2-6-11(13)7-3-4-8-12-14-9-5-10-15-12/h2,11-13H,1,3-10H2. The molecule has 0 aromatic rings. The van der Waals surface area contributed by atoms with Gasteiger partial charge in [0.05, 0.1) is 10.7 Å². The largest absolute Gasteiger partial charge is 0.393 e. The zero-order valence-electron chi connectivity index (χ0n) is 9.36. The van der Waals surface area contributed by atoms with E-state index in [9.17, 15) is 5.11 Å². The van der Waals surface area contributed by atoms with Crippen LogP contribution >= 0.6 is 23.5 Å². The second-order valence-electron chi connectivity index (χ2n) is 3.99. The van der Waals surface area contributed by atoms with Crippen LogP contribution in [0.3, 0.4) is 0 Å². The molecule has 0 saturated carbocycles. The summed E-state index contributed by atoms with van der Waals surface area (Å²) < 4.78 is 0.829. The third-order valence-corrected chi connectivity index (χ3v) is 5.64. The lowest BCUT2D eigenvalue weighted by atomic mass is 10.1. The number of thioether (sulfide) groups is 2. The van der Waals surface area contributed by atoms with Gasteiger partial charge in [-0.25, -0.2) is 0 Å². The summed E-state index contributed by atoms with van der Waals surface area (Å²) in [5.41, 5.74) is 0. The number of rotatable bonds is 7. The molecule has 1 nitrogen and oxygen atoms in total. The number of unbranched alkanes of at least 4 members (excludes halogenated alkanes) is 1. The topological polar surface area (TPSA) is 20.2 Å². The van der Waals surface area contributed by atoms with Crippen molar-refractivity contribution in [2.24, 2.45) is 0 Å². The molecule has 1 unspecified atom stereocenters. The Labute approximate surface area is 102 Å². The summed E-state index contributed by atoms with van der Waals surface area (Å²) in [6.45, 7) is 3.64. The van der Waals surface area contributed by atoms with Crippen molar-refractivity contribution >= 4 is 23.5 Å². The van der Waals surface area contributed by atoms with E-state index in [-0.39, 0.29) is 6.10 Å². The van der Waals surface area contributed by atoms with E-state index < -0.39 is 0 Å². The Hall–Kier alpha value is 0.400. The summed E-state index contributed by atoms with van der Waals surface area (Å²) in [6, 6.07) is 0. The zero-order chi connectivity index (χ0) is 10.9. The van der Waals surface area contributed by atoms with Gasteiger partial charge in [-0.1, -0.05) is 18.9 Å². The molecule has 1 aliphatic rings. The molecular formula is C12H22OS2. The van der Waals surface area contributed by atoms with E-state index in [0.29, 0.717) is 0 Å². The Morgan fingerprint density at radius 1 is 1.33 bits per heavy atom. The first-order valence-corrected chi connectivity index (χ1v) is 7.95. The molecule has 1 aliphatic heterocycles. The summed E-state index contributed by atoms with van der Waals surface area (Å²) in [6.07, 6.45) is 8.44. The van der Waals surface area contributed by atoms with E-state index >= 15 is 0 Å². The number of hydrogen-bond donors (Lipinski definition) is 1. The molecule has 3 heteroatoms. The van der Waals surface area contributed by atoms with Crippen molar-refractivity contribution in [3.8, 4) is 0 Å². The number of hydrogen-bond acceptors (Lipinski definition) is 3. The molecule has 0 aromatic heterocycles.